The van der Waals surface area contributed by atoms with E-state index in [1.807, 2.05) is 48.5 Å². The number of carbonyl (C=O) groups excluding carboxylic acids is 2. The van der Waals surface area contributed by atoms with Crippen LogP contribution in [0.3, 0.4) is 0 Å². The van der Waals surface area contributed by atoms with Crippen LogP contribution in [-0.2, 0) is 15.9 Å². The topological polar surface area (TPSA) is 73.7 Å². The molecule has 1 aromatic heterocycles. The largest absolute Gasteiger partial charge is 0.443 e. The lowest BCUT2D eigenvalue weighted by Gasteiger charge is -2.31. The Kier molecular flexibility index (Phi) is 11.7. The molecular formula is C27H45N3O4. The van der Waals surface area contributed by atoms with Crippen LogP contribution < -0.4 is 4.90 Å². The van der Waals surface area contributed by atoms with Crippen molar-refractivity contribution in [3.05, 3.63) is 11.9 Å². The van der Waals surface area contributed by atoms with Gasteiger partial charge in [0.25, 0.3) is 0 Å². The van der Waals surface area contributed by atoms with E-state index in [0.717, 1.165) is 57.1 Å². The highest BCUT2D eigenvalue weighted by atomic mass is 16.6. The first-order valence-electron chi connectivity index (χ1n) is 12.6. The second kappa shape index (κ2) is 13.4. The monoisotopic (exact) mass is 475 g/mol. The van der Waals surface area contributed by atoms with Crippen molar-refractivity contribution in [1.29, 1.82) is 0 Å². The minimum absolute atomic E-state index is 0.200. The Balaban J connectivity index is 3.35. The maximum atomic E-state index is 13.3. The molecule has 1 atom stereocenters. The summed E-state index contributed by atoms with van der Waals surface area (Å²) in [5.41, 5.74) is -0.630. The van der Waals surface area contributed by atoms with Crippen molar-refractivity contribution in [3.8, 4) is 12.3 Å². The van der Waals surface area contributed by atoms with Crippen molar-refractivity contribution in [2.75, 3.05) is 4.90 Å². The highest BCUT2D eigenvalue weighted by Crippen LogP contribution is 2.25. The fraction of sp³-hybridized carbons (Fsp3) is 0.741. The van der Waals surface area contributed by atoms with Gasteiger partial charge in [0.2, 0.25) is 5.95 Å². The van der Waals surface area contributed by atoms with E-state index >= 15 is 0 Å². The molecule has 1 heterocycles. The second-order valence-electron chi connectivity index (χ2n) is 10.8. The number of amides is 1. The maximum absolute atomic E-state index is 13.3. The predicted molar refractivity (Wildman–Crippen MR) is 137 cm³/mol. The van der Waals surface area contributed by atoms with Gasteiger partial charge in [-0.25, -0.2) is 24.0 Å². The van der Waals surface area contributed by atoms with Gasteiger partial charge in [-0.3, -0.25) is 0 Å². The quantitative estimate of drug-likeness (QED) is 0.252. The van der Waals surface area contributed by atoms with Gasteiger partial charge in [0.05, 0.1) is 5.69 Å². The first kappa shape index (κ1) is 29.5. The molecule has 192 valence electrons. The van der Waals surface area contributed by atoms with Crippen LogP contribution in [0.2, 0.25) is 0 Å². The van der Waals surface area contributed by atoms with Crippen LogP contribution in [0.5, 0.6) is 0 Å². The van der Waals surface area contributed by atoms with Gasteiger partial charge in [-0.1, -0.05) is 32.6 Å². The normalized spacial score (nSPS) is 12.7. The van der Waals surface area contributed by atoms with Crippen molar-refractivity contribution in [1.82, 2.24) is 9.55 Å². The first-order valence-corrected chi connectivity index (χ1v) is 12.6. The van der Waals surface area contributed by atoms with E-state index in [1.165, 1.54) is 9.47 Å². The Labute approximate surface area is 206 Å². The summed E-state index contributed by atoms with van der Waals surface area (Å²) in [6.45, 7) is 15.0. The molecule has 0 bridgehead atoms. The molecule has 0 N–H and O–H groups in total. The summed E-state index contributed by atoms with van der Waals surface area (Å²) in [7, 11) is 0. The number of unbranched alkanes of at least 4 members (excludes halogenated alkanes) is 5. The molecule has 0 spiro atoms. The van der Waals surface area contributed by atoms with Crippen LogP contribution in [0.25, 0.3) is 0 Å². The van der Waals surface area contributed by atoms with E-state index in [1.54, 1.807) is 6.20 Å². The van der Waals surface area contributed by atoms with Crippen molar-refractivity contribution in [3.63, 3.8) is 0 Å². The molecule has 0 aliphatic rings. The Hall–Kier alpha value is -2.49. The number of ether oxygens (including phenoxy) is 2. The smallest absolute Gasteiger partial charge is 0.421 e. The van der Waals surface area contributed by atoms with Gasteiger partial charge in [-0.15, -0.1) is 12.3 Å². The molecule has 0 saturated heterocycles. The van der Waals surface area contributed by atoms with E-state index in [-0.39, 0.29) is 12.0 Å². The average Bonchev–Trinajstić information content (AvgIpc) is 3.09. The van der Waals surface area contributed by atoms with Gasteiger partial charge >= 0.3 is 12.2 Å². The van der Waals surface area contributed by atoms with Crippen LogP contribution in [-0.4, -0.2) is 39.0 Å². The van der Waals surface area contributed by atoms with Gasteiger partial charge in [0.15, 0.2) is 0 Å². The number of imidazole rings is 1. The molecule has 1 aromatic rings. The van der Waals surface area contributed by atoms with Gasteiger partial charge < -0.3 is 9.47 Å². The van der Waals surface area contributed by atoms with Crippen LogP contribution in [0.1, 0.15) is 112 Å². The van der Waals surface area contributed by atoms with Crippen molar-refractivity contribution < 1.29 is 19.1 Å². The number of hydrogen-bond acceptors (Lipinski definition) is 5. The molecule has 7 nitrogen and oxygen atoms in total. The molecule has 0 saturated carbocycles. The van der Waals surface area contributed by atoms with Crippen molar-refractivity contribution in [2.24, 2.45) is 0 Å². The fourth-order valence-corrected chi connectivity index (χ4v) is 3.45. The summed E-state index contributed by atoms with van der Waals surface area (Å²) in [5, 5.41) is 0. The van der Waals surface area contributed by atoms with Crippen LogP contribution in [0.4, 0.5) is 15.5 Å². The number of anilines is 1. The van der Waals surface area contributed by atoms with Gasteiger partial charge in [-0.2, -0.15) is 0 Å². The van der Waals surface area contributed by atoms with E-state index < -0.39 is 23.4 Å². The standard InChI is InChI=1S/C27H45N3O4/c1-10-12-14-15-17-19-22-20-29(24(31)33-26(4,5)6)23(28-22)30(21(3)18-16-13-11-2)25(32)34-27(7,8)9/h1,20-21H,11-19H2,2-9H3. The van der Waals surface area contributed by atoms with Gasteiger partial charge in [-0.05, 0) is 74.1 Å². The zero-order chi connectivity index (χ0) is 25.9. The van der Waals surface area contributed by atoms with Gasteiger partial charge in [0.1, 0.15) is 11.2 Å². The lowest BCUT2D eigenvalue weighted by Crippen LogP contribution is -2.44. The highest BCUT2D eigenvalue weighted by molar-refractivity contribution is 5.89. The summed E-state index contributed by atoms with van der Waals surface area (Å²) in [4.78, 5) is 32.7. The highest BCUT2D eigenvalue weighted by Gasteiger charge is 2.33. The number of aromatic nitrogens is 2. The molecule has 0 aliphatic heterocycles. The molecule has 1 rings (SSSR count). The fourth-order valence-electron chi connectivity index (χ4n) is 3.45. The average molecular weight is 476 g/mol. The van der Waals surface area contributed by atoms with Crippen LogP contribution in [0, 0.1) is 12.3 Å². The number of terminal acetylenes is 1. The Bertz CT molecular complexity index is 824. The summed E-state index contributed by atoms with van der Waals surface area (Å²) in [6.07, 6.45) is 14.1. The number of carbonyl (C=O) groups is 2. The summed E-state index contributed by atoms with van der Waals surface area (Å²) >= 11 is 0. The second-order valence-corrected chi connectivity index (χ2v) is 10.8. The van der Waals surface area contributed by atoms with E-state index in [9.17, 15) is 9.59 Å². The molecule has 0 aliphatic carbocycles. The summed E-state index contributed by atoms with van der Waals surface area (Å²) in [5.74, 6) is 2.90. The lowest BCUT2D eigenvalue weighted by atomic mass is 10.1. The SMILES string of the molecule is C#CCCCCCc1cn(C(=O)OC(C)(C)C)c(N(C(=O)OC(C)(C)C)C(C)CCCCC)n1. The van der Waals surface area contributed by atoms with E-state index in [0.29, 0.717) is 6.42 Å². The zero-order valence-corrected chi connectivity index (χ0v) is 22.6. The molecule has 34 heavy (non-hydrogen) atoms. The zero-order valence-electron chi connectivity index (χ0n) is 22.6. The summed E-state index contributed by atoms with van der Waals surface area (Å²) < 4.78 is 12.7. The Morgan fingerprint density at radius 3 is 2.26 bits per heavy atom. The molecule has 0 radical (unpaired) electrons. The number of aryl methyl sites for hydroxylation is 1. The number of hydrogen-bond donors (Lipinski definition) is 0. The Morgan fingerprint density at radius 1 is 1.06 bits per heavy atom. The minimum atomic E-state index is -0.683. The van der Waals surface area contributed by atoms with E-state index in [2.05, 4.69) is 12.8 Å². The first-order chi connectivity index (χ1) is 15.8. The Morgan fingerprint density at radius 2 is 1.71 bits per heavy atom. The molecule has 1 unspecified atom stereocenters. The third kappa shape index (κ3) is 10.6. The third-order valence-electron chi connectivity index (χ3n) is 5.05. The third-order valence-corrected chi connectivity index (χ3v) is 5.05. The number of nitrogens with zero attached hydrogens (tertiary/aromatic N) is 3. The molecular weight excluding hydrogens is 430 g/mol. The van der Waals surface area contributed by atoms with Crippen LogP contribution in [0.15, 0.2) is 6.20 Å². The molecule has 0 aromatic carbocycles. The summed E-state index contributed by atoms with van der Waals surface area (Å²) in [6, 6.07) is -0.200. The predicted octanol–water partition coefficient (Wildman–Crippen LogP) is 7.11. The minimum Gasteiger partial charge on any atom is -0.443 e. The molecule has 1 amide bonds. The van der Waals surface area contributed by atoms with E-state index in [4.69, 9.17) is 20.9 Å². The van der Waals surface area contributed by atoms with Gasteiger partial charge in [0, 0.05) is 18.7 Å². The molecule has 7 heteroatoms. The maximum Gasteiger partial charge on any atom is 0.421 e. The lowest BCUT2D eigenvalue weighted by molar-refractivity contribution is 0.0527. The number of rotatable bonds is 11. The van der Waals surface area contributed by atoms with Crippen molar-refractivity contribution in [2.45, 2.75) is 130 Å². The molecule has 0 fully saturated rings. The van der Waals surface area contributed by atoms with Crippen molar-refractivity contribution >= 4 is 18.1 Å². The van der Waals surface area contributed by atoms with Crippen LogP contribution >= 0.6 is 0 Å².